The minimum atomic E-state index is -0.574. The number of amides is 3. The third-order valence-corrected chi connectivity index (χ3v) is 5.96. The van der Waals surface area contributed by atoms with Gasteiger partial charge in [0.2, 0.25) is 11.8 Å². The van der Waals surface area contributed by atoms with Crippen molar-refractivity contribution in [1.29, 1.82) is 0 Å². The van der Waals surface area contributed by atoms with Gasteiger partial charge in [-0.25, -0.2) is 0 Å². The number of hydrogen-bond acceptors (Lipinski definition) is 5. The molecule has 0 aromatic rings. The second-order valence-electron chi connectivity index (χ2n) is 7.83. The lowest BCUT2D eigenvalue weighted by molar-refractivity contribution is -0.150. The Labute approximate surface area is 159 Å². The van der Waals surface area contributed by atoms with Gasteiger partial charge in [-0.3, -0.25) is 24.1 Å². The average Bonchev–Trinajstić information content (AvgIpc) is 2.91. The molecule has 0 aromatic heterocycles. The van der Waals surface area contributed by atoms with E-state index in [0.29, 0.717) is 18.8 Å². The van der Waals surface area contributed by atoms with Crippen LogP contribution in [0.3, 0.4) is 0 Å². The number of hydrogen-bond donors (Lipinski definition) is 1. The fourth-order valence-corrected chi connectivity index (χ4v) is 4.29. The number of nitrogens with zero attached hydrogens (tertiary/aromatic N) is 1. The van der Waals surface area contributed by atoms with Gasteiger partial charge in [0.05, 0.1) is 18.3 Å². The highest BCUT2D eigenvalue weighted by atomic mass is 16.5. The van der Waals surface area contributed by atoms with E-state index in [0.717, 1.165) is 19.3 Å². The van der Waals surface area contributed by atoms with Crippen molar-refractivity contribution < 1.29 is 23.9 Å². The van der Waals surface area contributed by atoms with Gasteiger partial charge in [-0.2, -0.15) is 0 Å². The Morgan fingerprint density at radius 2 is 1.74 bits per heavy atom. The number of carbonyl (C=O) groups excluding carboxylic acids is 4. The van der Waals surface area contributed by atoms with Crippen LogP contribution < -0.4 is 5.32 Å². The summed E-state index contributed by atoms with van der Waals surface area (Å²) < 4.78 is 5.02. The van der Waals surface area contributed by atoms with Gasteiger partial charge in [-0.1, -0.05) is 31.9 Å². The Morgan fingerprint density at radius 3 is 2.37 bits per heavy atom. The molecule has 1 aliphatic heterocycles. The number of allylic oxidation sites excluding steroid dienone is 2. The zero-order chi connectivity index (χ0) is 19.4. The van der Waals surface area contributed by atoms with Crippen LogP contribution in [0.25, 0.3) is 0 Å². The number of imide groups is 1. The normalized spacial score (nSPS) is 30.2. The van der Waals surface area contributed by atoms with E-state index < -0.39 is 5.97 Å². The van der Waals surface area contributed by atoms with Crippen molar-refractivity contribution in [2.45, 2.75) is 57.9 Å². The molecule has 0 unspecified atom stereocenters. The second-order valence-corrected chi connectivity index (χ2v) is 7.83. The molecule has 2 aliphatic carbocycles. The highest BCUT2D eigenvalue weighted by Gasteiger charge is 2.46. The molecule has 0 aromatic carbocycles. The summed E-state index contributed by atoms with van der Waals surface area (Å²) >= 11 is 0. The Balaban J connectivity index is 1.39. The number of esters is 1. The minimum Gasteiger partial charge on any atom is -0.456 e. The summed E-state index contributed by atoms with van der Waals surface area (Å²) in [5, 5.41) is 2.93. The van der Waals surface area contributed by atoms with Crippen LogP contribution in [-0.2, 0) is 23.9 Å². The van der Waals surface area contributed by atoms with Crippen LogP contribution in [0.2, 0.25) is 0 Å². The first-order valence-electron chi connectivity index (χ1n) is 9.92. The number of ether oxygens (including phenoxy) is 1. The van der Waals surface area contributed by atoms with Gasteiger partial charge in [0.25, 0.3) is 5.91 Å². The molecule has 7 nitrogen and oxygen atoms in total. The number of carbonyl (C=O) groups is 4. The standard InChI is InChI=1S/C20H28N2O5/c1-13-6-2-5-9-16(13)21-17(23)12-27-18(24)10-11-22-19(25)14-7-3-4-8-15(14)20(22)26/h3-4,13-16H,2,5-12H2,1H3,(H,21,23)/t13-,14-,15+,16-/m1/s1. The lowest BCUT2D eigenvalue weighted by Crippen LogP contribution is -2.43. The molecule has 1 saturated carbocycles. The molecular formula is C20H28N2O5. The molecule has 0 spiro atoms. The largest absolute Gasteiger partial charge is 0.456 e. The summed E-state index contributed by atoms with van der Waals surface area (Å²) in [4.78, 5) is 49.8. The van der Waals surface area contributed by atoms with Crippen molar-refractivity contribution >= 4 is 23.7 Å². The van der Waals surface area contributed by atoms with Gasteiger partial charge in [0.15, 0.2) is 6.61 Å². The molecule has 1 saturated heterocycles. The van der Waals surface area contributed by atoms with E-state index in [9.17, 15) is 19.2 Å². The van der Waals surface area contributed by atoms with Gasteiger partial charge in [0.1, 0.15) is 0 Å². The molecule has 1 heterocycles. The molecule has 1 N–H and O–H groups in total. The molecule has 0 radical (unpaired) electrons. The maximum absolute atomic E-state index is 12.3. The molecule has 148 valence electrons. The first kappa shape index (κ1) is 19.6. The van der Waals surface area contributed by atoms with Gasteiger partial charge in [-0.15, -0.1) is 0 Å². The summed E-state index contributed by atoms with van der Waals surface area (Å²) in [6.45, 7) is 1.82. The Hall–Kier alpha value is -2.18. The van der Waals surface area contributed by atoms with Crippen molar-refractivity contribution in [2.24, 2.45) is 17.8 Å². The molecular weight excluding hydrogens is 348 g/mol. The monoisotopic (exact) mass is 376 g/mol. The van der Waals surface area contributed by atoms with Crippen LogP contribution in [-0.4, -0.2) is 47.8 Å². The third kappa shape index (κ3) is 4.57. The van der Waals surface area contributed by atoms with Gasteiger partial charge in [-0.05, 0) is 31.6 Å². The fourth-order valence-electron chi connectivity index (χ4n) is 4.29. The van der Waals surface area contributed by atoms with Crippen LogP contribution in [0, 0.1) is 17.8 Å². The van der Waals surface area contributed by atoms with Crippen molar-refractivity contribution in [3.05, 3.63) is 12.2 Å². The van der Waals surface area contributed by atoms with Gasteiger partial charge in [0, 0.05) is 12.6 Å². The van der Waals surface area contributed by atoms with Crippen molar-refractivity contribution in [2.75, 3.05) is 13.2 Å². The SMILES string of the molecule is C[C@@H]1CCCC[C@H]1NC(=O)COC(=O)CCN1C(=O)[C@H]2CC=CC[C@H]2C1=O. The summed E-state index contributed by atoms with van der Waals surface area (Å²) in [6, 6.07) is 0.141. The number of rotatable bonds is 6. The molecule has 0 bridgehead atoms. The molecule has 3 amide bonds. The highest BCUT2D eigenvalue weighted by Crippen LogP contribution is 2.35. The van der Waals surface area contributed by atoms with E-state index in [4.69, 9.17) is 4.74 Å². The lowest BCUT2D eigenvalue weighted by Gasteiger charge is -2.29. The van der Waals surface area contributed by atoms with Crippen LogP contribution >= 0.6 is 0 Å². The second kappa shape index (κ2) is 8.67. The fraction of sp³-hybridized carbons (Fsp3) is 0.700. The lowest BCUT2D eigenvalue weighted by atomic mass is 9.85. The minimum absolute atomic E-state index is 0.0186. The van der Waals surface area contributed by atoms with E-state index >= 15 is 0 Å². The quantitative estimate of drug-likeness (QED) is 0.431. The van der Waals surface area contributed by atoms with Crippen LogP contribution in [0.1, 0.15) is 51.9 Å². The van der Waals surface area contributed by atoms with Crippen LogP contribution in [0.5, 0.6) is 0 Å². The molecule has 3 aliphatic rings. The summed E-state index contributed by atoms with van der Waals surface area (Å²) in [7, 11) is 0. The number of likely N-dealkylation sites (tertiary alicyclic amines) is 1. The predicted molar refractivity (Wildman–Crippen MR) is 97.2 cm³/mol. The summed E-state index contributed by atoms with van der Waals surface area (Å²) in [6.07, 6.45) is 9.27. The van der Waals surface area contributed by atoms with Gasteiger partial charge >= 0.3 is 5.97 Å². The molecule has 7 heteroatoms. The van der Waals surface area contributed by atoms with Gasteiger partial charge < -0.3 is 10.1 Å². The van der Waals surface area contributed by atoms with E-state index in [-0.39, 0.29) is 55.2 Å². The number of nitrogens with one attached hydrogen (secondary N) is 1. The summed E-state index contributed by atoms with van der Waals surface area (Å²) in [5.41, 5.74) is 0. The topological polar surface area (TPSA) is 92.8 Å². The molecule has 2 fully saturated rings. The van der Waals surface area contributed by atoms with Crippen LogP contribution in [0.4, 0.5) is 0 Å². The van der Waals surface area contributed by atoms with E-state index in [1.54, 1.807) is 0 Å². The predicted octanol–water partition coefficient (Wildman–Crippen LogP) is 1.57. The van der Waals surface area contributed by atoms with E-state index in [1.807, 2.05) is 12.2 Å². The number of fused-ring (bicyclic) bond motifs is 1. The zero-order valence-corrected chi connectivity index (χ0v) is 15.8. The Morgan fingerprint density at radius 1 is 1.11 bits per heavy atom. The summed E-state index contributed by atoms with van der Waals surface area (Å²) in [5.74, 6) is -1.42. The molecule has 27 heavy (non-hydrogen) atoms. The van der Waals surface area contributed by atoms with E-state index in [1.165, 1.54) is 11.3 Å². The maximum atomic E-state index is 12.3. The average molecular weight is 376 g/mol. The van der Waals surface area contributed by atoms with Crippen molar-refractivity contribution in [1.82, 2.24) is 10.2 Å². The Bertz CT molecular complexity index is 618. The molecule has 3 rings (SSSR count). The smallest absolute Gasteiger partial charge is 0.308 e. The first-order chi connectivity index (χ1) is 13.0. The van der Waals surface area contributed by atoms with Crippen molar-refractivity contribution in [3.63, 3.8) is 0 Å². The highest BCUT2D eigenvalue weighted by molar-refractivity contribution is 6.05. The Kier molecular flexibility index (Phi) is 6.29. The molecule has 4 atom stereocenters. The van der Waals surface area contributed by atoms with Crippen molar-refractivity contribution in [3.8, 4) is 0 Å². The maximum Gasteiger partial charge on any atom is 0.308 e. The van der Waals surface area contributed by atoms with Crippen LogP contribution in [0.15, 0.2) is 12.2 Å². The third-order valence-electron chi connectivity index (χ3n) is 5.96. The van der Waals surface area contributed by atoms with E-state index in [2.05, 4.69) is 12.2 Å². The first-order valence-corrected chi connectivity index (χ1v) is 9.92. The zero-order valence-electron chi connectivity index (χ0n) is 15.8.